The van der Waals surface area contributed by atoms with Gasteiger partial charge in [-0.25, -0.2) is 4.79 Å². The van der Waals surface area contributed by atoms with Gasteiger partial charge in [-0.2, -0.15) is 0 Å². The number of nitrogens with one attached hydrogen (secondary N) is 1. The Morgan fingerprint density at radius 2 is 1.75 bits per heavy atom. The maximum Gasteiger partial charge on any atom is 0.348 e. The number of fused-ring (bicyclic) bond motifs is 5. The lowest BCUT2D eigenvalue weighted by Crippen LogP contribution is -2.66. The summed E-state index contributed by atoms with van der Waals surface area (Å²) in [5.41, 5.74) is -1.26. The lowest BCUT2D eigenvalue weighted by atomic mass is 9.81. The Kier molecular flexibility index (Phi) is 5.35. The van der Waals surface area contributed by atoms with Gasteiger partial charge < -0.3 is 28.9 Å². The molecule has 1 aromatic heterocycles. The Morgan fingerprint density at radius 3 is 2.36 bits per heavy atom. The number of hydrogen-bond acceptors (Lipinski definition) is 7. The highest BCUT2D eigenvalue weighted by atomic mass is 16.6. The van der Waals surface area contributed by atoms with E-state index >= 15 is 0 Å². The Bertz CT molecular complexity index is 1280. The molecule has 0 aliphatic carbocycles. The zero-order valence-corrected chi connectivity index (χ0v) is 20.0. The van der Waals surface area contributed by atoms with Crippen molar-refractivity contribution in [2.75, 3.05) is 31.5 Å². The normalized spacial score (nSPS) is 25.3. The summed E-state index contributed by atoms with van der Waals surface area (Å²) in [4.78, 5) is 26.5. The van der Waals surface area contributed by atoms with Crippen molar-refractivity contribution in [2.24, 2.45) is 5.92 Å². The van der Waals surface area contributed by atoms with Gasteiger partial charge in [-0.1, -0.05) is 41.6 Å². The van der Waals surface area contributed by atoms with Crippen LogP contribution in [0.15, 0.2) is 59.1 Å². The fourth-order valence-corrected chi connectivity index (χ4v) is 5.90. The molecule has 2 N–H and O–H groups in total. The number of carbonyl (C=O) groups excluding carboxylic acids is 2. The molecule has 9 heteroatoms. The zero-order valence-electron chi connectivity index (χ0n) is 20.0. The number of hydrogen-bond donors (Lipinski definition) is 2. The molecule has 3 saturated heterocycles. The summed E-state index contributed by atoms with van der Waals surface area (Å²) in [6.07, 6.45) is 1.31. The van der Waals surface area contributed by atoms with Crippen molar-refractivity contribution in [2.45, 2.75) is 31.5 Å². The predicted octanol–water partition coefficient (Wildman–Crippen LogP) is 3.12. The molecule has 1 amide bonds. The number of amides is 1. The first-order chi connectivity index (χ1) is 17.4. The van der Waals surface area contributed by atoms with Crippen LogP contribution in [-0.2, 0) is 19.9 Å². The van der Waals surface area contributed by atoms with Crippen molar-refractivity contribution in [3.05, 3.63) is 71.5 Å². The van der Waals surface area contributed by atoms with Gasteiger partial charge >= 0.3 is 5.97 Å². The molecular formula is C27H28N3O6+. The predicted molar refractivity (Wildman–Crippen MR) is 128 cm³/mol. The Hall–Kier alpha value is -3.69. The molecule has 3 fully saturated rings. The molecule has 5 heterocycles. The molecule has 2 aromatic carbocycles. The third-order valence-corrected chi connectivity index (χ3v) is 7.74. The number of rotatable bonds is 5. The molecule has 4 aliphatic heterocycles. The van der Waals surface area contributed by atoms with Gasteiger partial charge in [-0.15, -0.1) is 0 Å². The topological polar surface area (TPSA) is 111 Å². The van der Waals surface area contributed by atoms with Crippen LogP contribution in [0, 0.1) is 12.8 Å². The van der Waals surface area contributed by atoms with Crippen LogP contribution in [0.1, 0.15) is 29.7 Å². The number of esters is 1. The van der Waals surface area contributed by atoms with E-state index < -0.39 is 17.7 Å². The van der Waals surface area contributed by atoms with E-state index in [0.717, 1.165) is 25.9 Å². The number of ether oxygens (including phenoxy) is 2. The highest BCUT2D eigenvalue weighted by molar-refractivity contribution is 5.91. The van der Waals surface area contributed by atoms with Crippen molar-refractivity contribution < 1.29 is 33.2 Å². The molecule has 1 atom stereocenters. The third-order valence-electron chi connectivity index (χ3n) is 7.74. The number of para-hydroxylation sites is 2. The van der Waals surface area contributed by atoms with Gasteiger partial charge in [0, 0.05) is 36.0 Å². The van der Waals surface area contributed by atoms with Gasteiger partial charge in [0.1, 0.15) is 23.8 Å². The highest BCUT2D eigenvalue weighted by Crippen LogP contribution is 2.48. The fourth-order valence-electron chi connectivity index (χ4n) is 5.90. The molecule has 7 rings (SSSR count). The third kappa shape index (κ3) is 3.75. The van der Waals surface area contributed by atoms with Crippen LogP contribution in [-0.4, -0.2) is 58.9 Å². The molecule has 0 spiro atoms. The van der Waals surface area contributed by atoms with Gasteiger partial charge in [0.25, 0.3) is 5.91 Å². The molecule has 9 nitrogen and oxygen atoms in total. The van der Waals surface area contributed by atoms with E-state index in [2.05, 4.69) is 10.5 Å². The van der Waals surface area contributed by atoms with Crippen molar-refractivity contribution in [3.63, 3.8) is 0 Å². The number of nitrogens with zero attached hydrogens (tertiary/aromatic N) is 2. The second-order valence-corrected chi connectivity index (χ2v) is 10.1. The van der Waals surface area contributed by atoms with E-state index in [1.54, 1.807) is 61.5 Å². The molecule has 0 unspecified atom stereocenters. The van der Waals surface area contributed by atoms with E-state index in [0.29, 0.717) is 45.2 Å². The molecule has 36 heavy (non-hydrogen) atoms. The van der Waals surface area contributed by atoms with E-state index in [-0.39, 0.29) is 18.4 Å². The van der Waals surface area contributed by atoms with Crippen LogP contribution < -0.4 is 10.1 Å². The SMILES string of the molecule is Cc1cc(NC(=O)C[N+]23CCC(CC2)[C@@H](OC(=O)C2(O)c4ccccc4Oc4ccccc42)C3)no1. The first-order valence-electron chi connectivity index (χ1n) is 12.2. The number of benzene rings is 2. The average Bonchev–Trinajstić information content (AvgIpc) is 3.28. The van der Waals surface area contributed by atoms with Crippen LogP contribution in [0.5, 0.6) is 11.5 Å². The maximum atomic E-state index is 13.7. The molecule has 0 saturated carbocycles. The second kappa shape index (κ2) is 8.46. The monoisotopic (exact) mass is 490 g/mol. The Labute approximate surface area is 208 Å². The summed E-state index contributed by atoms with van der Waals surface area (Å²) >= 11 is 0. The molecule has 0 radical (unpaired) electrons. The maximum absolute atomic E-state index is 13.7. The summed E-state index contributed by atoms with van der Waals surface area (Å²) in [5.74, 6) is 1.19. The Balaban J connectivity index is 1.23. The summed E-state index contributed by atoms with van der Waals surface area (Å²) in [7, 11) is 0. The van der Waals surface area contributed by atoms with Gasteiger partial charge in [-0.05, 0) is 19.1 Å². The summed E-state index contributed by atoms with van der Waals surface area (Å²) in [5, 5.41) is 18.5. The van der Waals surface area contributed by atoms with Crippen LogP contribution in [0.3, 0.4) is 0 Å². The van der Waals surface area contributed by atoms with E-state index in [4.69, 9.17) is 14.0 Å². The fraction of sp³-hybridized carbons (Fsp3) is 0.370. The van der Waals surface area contributed by atoms with Gasteiger partial charge in [0.2, 0.25) is 5.60 Å². The minimum atomic E-state index is -1.98. The summed E-state index contributed by atoms with van der Waals surface area (Å²) in [6, 6.07) is 15.6. The van der Waals surface area contributed by atoms with Crippen molar-refractivity contribution in [3.8, 4) is 11.5 Å². The Morgan fingerprint density at radius 1 is 1.11 bits per heavy atom. The summed E-state index contributed by atoms with van der Waals surface area (Å²) < 4.78 is 17.6. The van der Waals surface area contributed by atoms with E-state index in [1.807, 2.05) is 0 Å². The van der Waals surface area contributed by atoms with Crippen LogP contribution in [0.25, 0.3) is 0 Å². The van der Waals surface area contributed by atoms with E-state index in [1.165, 1.54) is 0 Å². The van der Waals surface area contributed by atoms with Crippen LogP contribution >= 0.6 is 0 Å². The molecule has 4 aliphatic rings. The standard InChI is InChI=1S/C27H27N3O6/c1-17-14-24(29-36-17)28-25(31)16-30-12-10-18(11-13-30)23(15-30)35-26(32)27(33)19-6-2-4-8-21(19)34-22-9-5-3-7-20(22)27/h2-9,14,18,23,33H,10-13,15-16H2,1H3/p+1/t18?,23-,30?/m0/s1. The number of piperidine rings is 3. The van der Waals surface area contributed by atoms with Crippen LogP contribution in [0.4, 0.5) is 5.82 Å². The molecule has 186 valence electrons. The van der Waals surface area contributed by atoms with E-state index in [9.17, 15) is 14.7 Å². The molecule has 2 bridgehead atoms. The van der Waals surface area contributed by atoms with Crippen molar-refractivity contribution in [1.29, 1.82) is 0 Å². The smallest absolute Gasteiger partial charge is 0.348 e. The highest BCUT2D eigenvalue weighted by Gasteiger charge is 2.53. The van der Waals surface area contributed by atoms with Gasteiger partial charge in [0.15, 0.2) is 18.5 Å². The largest absolute Gasteiger partial charge is 0.457 e. The number of quaternary nitrogens is 1. The van der Waals surface area contributed by atoms with Gasteiger partial charge in [-0.3, -0.25) is 4.79 Å². The van der Waals surface area contributed by atoms with Crippen molar-refractivity contribution >= 4 is 17.7 Å². The molecular weight excluding hydrogens is 462 g/mol. The number of aryl methyl sites for hydroxylation is 1. The lowest BCUT2D eigenvalue weighted by molar-refractivity contribution is -0.939. The first kappa shape index (κ1) is 22.8. The lowest BCUT2D eigenvalue weighted by Gasteiger charge is -2.51. The average molecular weight is 491 g/mol. The number of aliphatic hydroxyl groups is 1. The zero-order chi connectivity index (χ0) is 24.9. The number of carbonyl (C=O) groups is 2. The number of aromatic nitrogens is 1. The van der Waals surface area contributed by atoms with Crippen LogP contribution in [0.2, 0.25) is 0 Å². The second-order valence-electron chi connectivity index (χ2n) is 10.1. The minimum absolute atomic E-state index is 0.153. The van der Waals surface area contributed by atoms with Gasteiger partial charge in [0.05, 0.1) is 13.1 Å². The minimum Gasteiger partial charge on any atom is -0.457 e. The first-order valence-corrected chi connectivity index (χ1v) is 12.2. The molecule has 3 aromatic rings. The quantitative estimate of drug-likeness (QED) is 0.418. The number of anilines is 1. The summed E-state index contributed by atoms with van der Waals surface area (Å²) in [6.45, 7) is 4.23. The van der Waals surface area contributed by atoms with Crippen molar-refractivity contribution in [1.82, 2.24) is 5.16 Å².